The zero-order chi connectivity index (χ0) is 90.5. The third kappa shape index (κ3) is 15.3. The van der Waals surface area contributed by atoms with Gasteiger partial charge in [0.1, 0.15) is 17.5 Å². The Kier molecular flexibility index (Phi) is 22.0. The Labute approximate surface area is 782 Å². The molecule has 3 heterocycles. The van der Waals surface area contributed by atoms with Crippen LogP contribution in [0.15, 0.2) is 455 Å². The molecule has 0 aliphatic rings. The highest BCUT2D eigenvalue weighted by Gasteiger charge is 2.28. The summed E-state index contributed by atoms with van der Waals surface area (Å²) < 4.78 is 6.98. The molecular formula is C128H100N6. The van der Waals surface area contributed by atoms with Gasteiger partial charge in [-0.05, 0) is 262 Å². The largest absolute Gasteiger partial charge is 0.296 e. The average molecular weight is 1720 g/mol. The molecule has 1 unspecified atom stereocenters. The summed E-state index contributed by atoms with van der Waals surface area (Å²) in [5.74, 6) is 3.91. The van der Waals surface area contributed by atoms with E-state index in [2.05, 4.69) is 517 Å². The molecule has 642 valence electrons. The predicted octanol–water partition coefficient (Wildman–Crippen LogP) is 34.9. The molecular weight excluding hydrogens is 1620 g/mol. The Morgan fingerprint density at radius 3 is 0.731 bits per heavy atom. The summed E-state index contributed by atoms with van der Waals surface area (Å²) in [6.45, 7) is 15.6. The maximum absolute atomic E-state index is 5.06. The van der Waals surface area contributed by atoms with E-state index in [4.69, 9.17) is 15.0 Å². The fourth-order valence-corrected chi connectivity index (χ4v) is 20.3. The molecule has 24 rings (SSSR count). The summed E-state index contributed by atoms with van der Waals surface area (Å²) in [6, 6.07) is 165. The molecule has 0 amide bonds. The van der Waals surface area contributed by atoms with E-state index in [0.717, 1.165) is 74.1 Å². The number of imidazole rings is 3. The van der Waals surface area contributed by atoms with Gasteiger partial charge in [0, 0.05) is 34.3 Å². The van der Waals surface area contributed by atoms with Gasteiger partial charge in [-0.3, -0.25) is 13.7 Å². The lowest BCUT2D eigenvalue weighted by molar-refractivity contribution is 0.539. The number of hydrogen-bond donors (Lipinski definition) is 0. The minimum absolute atomic E-state index is 0.106. The van der Waals surface area contributed by atoms with Gasteiger partial charge < -0.3 is 0 Å². The van der Waals surface area contributed by atoms with Gasteiger partial charge in [-0.1, -0.05) is 412 Å². The second-order valence-electron chi connectivity index (χ2n) is 36.6. The minimum Gasteiger partial charge on any atom is -0.296 e. The van der Waals surface area contributed by atoms with Gasteiger partial charge >= 0.3 is 0 Å². The predicted molar refractivity (Wildman–Crippen MR) is 569 cm³/mol. The van der Waals surface area contributed by atoms with Crippen molar-refractivity contribution in [1.29, 1.82) is 0 Å². The molecule has 0 aliphatic carbocycles. The Balaban J connectivity index is 0.000000117. The zero-order valence-corrected chi connectivity index (χ0v) is 76.3. The molecule has 1 atom stereocenters. The van der Waals surface area contributed by atoms with Crippen molar-refractivity contribution < 1.29 is 0 Å². The fraction of sp³-hybridized carbons (Fsp3) is 0.0859. The highest BCUT2D eigenvalue weighted by Crippen LogP contribution is 2.50. The van der Waals surface area contributed by atoms with E-state index in [9.17, 15) is 0 Å². The molecule has 6 nitrogen and oxygen atoms in total. The molecule has 0 aliphatic heterocycles. The standard InChI is InChI=1S/2C43H34N2.C42H32N2/c1-43(2,3)42-44-38-20-12-13-21-39(38)45(42)33-25-22-31(23-26-33)41-35-19-11-10-18-34(35)40(30-16-8-5-9-17-30)36-27-24-32(28-37(36)41)29-14-6-4-7-15-29;1-3-29(2)43-44-39-20-12-13-21-40(39)45(43)34-25-22-32(23-26-34)42-36-19-11-10-18-35(36)41(31-16-8-5-9-17-31)37-27-24-33(28-38(37)42)30-14-6-4-7-15-30;1-28(2)42-43-38-19-11-12-20-39(38)44(42)33-24-21-31(22-25-33)41-35-18-10-9-17-34(35)40(30-15-7-4-8-16-30)36-26-23-32(27-37(36)41)29-13-5-3-6-14-29/h4-28H,1-3H3;4-29H,3H2,1-2H3;3-28H,1-2H3. The van der Waals surface area contributed by atoms with Gasteiger partial charge in [-0.25, -0.2) is 15.0 Å². The van der Waals surface area contributed by atoms with Gasteiger partial charge in [-0.2, -0.15) is 0 Å². The Morgan fingerprint density at radius 1 is 0.209 bits per heavy atom. The van der Waals surface area contributed by atoms with Gasteiger partial charge in [0.2, 0.25) is 0 Å². The maximum atomic E-state index is 5.06. The molecule has 21 aromatic carbocycles. The summed E-state index contributed by atoms with van der Waals surface area (Å²) in [7, 11) is 0. The average Bonchev–Trinajstić information content (AvgIpc) is 0.786. The molecule has 0 bridgehead atoms. The molecule has 0 saturated carbocycles. The number of fused-ring (bicyclic) bond motifs is 9. The third-order valence-corrected chi connectivity index (χ3v) is 26.8. The lowest BCUT2D eigenvalue weighted by atomic mass is 9.85. The topological polar surface area (TPSA) is 53.5 Å². The van der Waals surface area contributed by atoms with E-state index < -0.39 is 0 Å². The summed E-state index contributed by atoms with van der Waals surface area (Å²) in [6.07, 6.45) is 1.04. The second kappa shape index (κ2) is 35.5. The van der Waals surface area contributed by atoms with Crippen molar-refractivity contribution in [2.45, 2.75) is 72.1 Å². The van der Waals surface area contributed by atoms with Crippen molar-refractivity contribution in [2.75, 3.05) is 0 Å². The van der Waals surface area contributed by atoms with Crippen LogP contribution in [0.25, 0.3) is 215 Å². The van der Waals surface area contributed by atoms with Crippen LogP contribution in [0.1, 0.15) is 84.2 Å². The van der Waals surface area contributed by atoms with E-state index in [1.807, 2.05) is 0 Å². The molecule has 24 aromatic rings. The number of hydrogen-bond acceptors (Lipinski definition) is 3. The van der Waals surface area contributed by atoms with Crippen molar-refractivity contribution in [1.82, 2.24) is 28.7 Å². The van der Waals surface area contributed by atoms with Crippen molar-refractivity contribution in [2.24, 2.45) is 0 Å². The molecule has 0 fully saturated rings. The van der Waals surface area contributed by atoms with Crippen molar-refractivity contribution in [3.63, 3.8) is 0 Å². The van der Waals surface area contributed by atoms with E-state index in [-0.39, 0.29) is 5.41 Å². The van der Waals surface area contributed by atoms with Crippen molar-refractivity contribution in [3.8, 4) is 117 Å². The highest BCUT2D eigenvalue weighted by atomic mass is 15.1. The first-order valence-corrected chi connectivity index (χ1v) is 46.9. The van der Waals surface area contributed by atoms with E-state index in [1.54, 1.807) is 0 Å². The number of benzene rings is 21. The smallest absolute Gasteiger partial charge is 0.119 e. The molecule has 0 saturated heterocycles. The molecule has 134 heavy (non-hydrogen) atoms. The third-order valence-electron chi connectivity index (χ3n) is 26.8. The first-order valence-electron chi connectivity index (χ1n) is 46.9. The van der Waals surface area contributed by atoms with Crippen LogP contribution in [-0.4, -0.2) is 28.7 Å². The summed E-state index contributed by atoms with van der Waals surface area (Å²) >= 11 is 0. The molecule has 0 N–H and O–H groups in total. The number of para-hydroxylation sites is 6. The minimum atomic E-state index is -0.106. The zero-order valence-electron chi connectivity index (χ0n) is 76.3. The maximum Gasteiger partial charge on any atom is 0.119 e. The molecule has 0 spiro atoms. The van der Waals surface area contributed by atoms with Crippen LogP contribution < -0.4 is 0 Å². The summed E-state index contributed by atoms with van der Waals surface area (Å²) in [5.41, 5.74) is 32.1. The van der Waals surface area contributed by atoms with Crippen LogP contribution in [0.4, 0.5) is 0 Å². The Bertz CT molecular complexity index is 8480. The number of rotatable bonds is 15. The van der Waals surface area contributed by atoms with Crippen LogP contribution in [0.5, 0.6) is 0 Å². The molecule has 6 heteroatoms. The van der Waals surface area contributed by atoms with Gasteiger partial charge in [-0.15, -0.1) is 0 Å². The van der Waals surface area contributed by atoms with E-state index in [1.165, 1.54) is 165 Å². The summed E-state index contributed by atoms with van der Waals surface area (Å²) in [4.78, 5) is 15.1. The highest BCUT2D eigenvalue weighted by molar-refractivity contribution is 6.25. The quantitative estimate of drug-likeness (QED) is 0.0961. The van der Waals surface area contributed by atoms with Crippen LogP contribution in [0, 0.1) is 0 Å². The van der Waals surface area contributed by atoms with Crippen LogP contribution in [0.3, 0.4) is 0 Å². The normalized spacial score (nSPS) is 11.9. The van der Waals surface area contributed by atoms with Crippen LogP contribution in [-0.2, 0) is 5.41 Å². The molecule has 0 radical (unpaired) electrons. The fourth-order valence-electron chi connectivity index (χ4n) is 20.3. The number of aromatic nitrogens is 6. The Hall–Kier alpha value is -16.4. The number of nitrogens with zero attached hydrogens (tertiary/aromatic N) is 6. The van der Waals surface area contributed by atoms with Crippen LogP contribution >= 0.6 is 0 Å². The monoisotopic (exact) mass is 1720 g/mol. The van der Waals surface area contributed by atoms with E-state index >= 15 is 0 Å². The van der Waals surface area contributed by atoms with Crippen molar-refractivity contribution in [3.05, 3.63) is 472 Å². The first-order chi connectivity index (χ1) is 65.8. The Morgan fingerprint density at radius 2 is 0.433 bits per heavy atom. The van der Waals surface area contributed by atoms with Gasteiger partial charge in [0.05, 0.1) is 33.1 Å². The lowest BCUT2D eigenvalue weighted by Crippen LogP contribution is -2.18. The van der Waals surface area contributed by atoms with Gasteiger partial charge in [0.15, 0.2) is 0 Å². The SMILES string of the molecule is CC(C)(C)c1nc2ccccc2n1-c1ccc(-c2c3ccccc3c(-c3ccccc3)c3ccc(-c4ccccc4)cc23)cc1.CC(C)c1nc2ccccc2n1-c1ccc(-c2c3ccccc3c(-c3ccccc3)c3ccc(-c4ccccc4)cc23)cc1.CCC(C)c1nc2ccccc2n1-c1ccc(-c2c3ccccc3c(-c3ccccc3)c3ccc(-c4ccccc4)cc23)cc1. The second-order valence-corrected chi connectivity index (χ2v) is 36.6. The lowest BCUT2D eigenvalue weighted by Gasteiger charge is -2.21. The summed E-state index contributed by atoms with van der Waals surface area (Å²) in [5, 5.41) is 15.1. The first kappa shape index (κ1) is 83.2. The van der Waals surface area contributed by atoms with E-state index in [0.29, 0.717) is 11.8 Å². The van der Waals surface area contributed by atoms with Gasteiger partial charge in [0.25, 0.3) is 0 Å². The van der Waals surface area contributed by atoms with Crippen molar-refractivity contribution >= 4 is 97.7 Å². The molecule has 3 aromatic heterocycles. The van der Waals surface area contributed by atoms with Crippen LogP contribution in [0.2, 0.25) is 0 Å².